The summed E-state index contributed by atoms with van der Waals surface area (Å²) in [5.74, 6) is -0.880. The van der Waals surface area contributed by atoms with Crippen molar-refractivity contribution in [3.05, 3.63) is 65.7 Å². The predicted molar refractivity (Wildman–Crippen MR) is 72.6 cm³/mol. The zero-order valence-electron chi connectivity index (χ0n) is 10.6. The second-order valence-corrected chi connectivity index (χ2v) is 4.68. The molecule has 4 nitrogen and oxygen atoms in total. The van der Waals surface area contributed by atoms with E-state index in [1.165, 1.54) is 0 Å². The maximum absolute atomic E-state index is 11.4. The first-order chi connectivity index (χ1) is 9.15. The van der Waals surface area contributed by atoms with Gasteiger partial charge in [0, 0.05) is 43.8 Å². The third-order valence-corrected chi connectivity index (χ3v) is 3.30. The number of carbonyl (C=O) groups is 1. The molecule has 4 heteroatoms. The summed E-state index contributed by atoms with van der Waals surface area (Å²) in [6, 6.07) is 7.78. The fraction of sp³-hybridized carbons (Fsp3) is 0.133. The van der Waals surface area contributed by atoms with Crippen LogP contribution in [0.4, 0.5) is 0 Å². The van der Waals surface area contributed by atoms with Gasteiger partial charge in [0.15, 0.2) is 0 Å². The van der Waals surface area contributed by atoms with Gasteiger partial charge in [-0.25, -0.2) is 4.79 Å². The smallest absolute Gasteiger partial charge is 0.337 e. The van der Waals surface area contributed by atoms with Gasteiger partial charge in [-0.15, -0.1) is 0 Å². The first-order valence-electron chi connectivity index (χ1n) is 6.08. The van der Waals surface area contributed by atoms with Crippen molar-refractivity contribution >= 4 is 11.5 Å². The molecule has 3 rings (SSSR count). The highest BCUT2D eigenvalue weighted by molar-refractivity contribution is 5.92. The molecule has 0 radical (unpaired) electrons. The van der Waals surface area contributed by atoms with E-state index in [0.29, 0.717) is 12.0 Å². The zero-order valence-corrected chi connectivity index (χ0v) is 10.6. The Morgan fingerprint density at radius 2 is 2.05 bits per heavy atom. The number of hydrogen-bond donors (Lipinski definition) is 1. The van der Waals surface area contributed by atoms with Crippen molar-refractivity contribution in [3.8, 4) is 0 Å². The lowest BCUT2D eigenvalue weighted by molar-refractivity contribution is 0.0696. The minimum Gasteiger partial charge on any atom is -0.478 e. The van der Waals surface area contributed by atoms with Gasteiger partial charge in [0.1, 0.15) is 0 Å². The van der Waals surface area contributed by atoms with E-state index in [0.717, 1.165) is 16.6 Å². The van der Waals surface area contributed by atoms with Crippen molar-refractivity contribution in [2.75, 3.05) is 0 Å². The third-order valence-electron chi connectivity index (χ3n) is 3.30. The van der Waals surface area contributed by atoms with Crippen LogP contribution in [0.1, 0.15) is 21.5 Å². The van der Waals surface area contributed by atoms with Crippen molar-refractivity contribution in [3.63, 3.8) is 0 Å². The van der Waals surface area contributed by atoms with Gasteiger partial charge in [-0.1, -0.05) is 6.07 Å². The fourth-order valence-electron chi connectivity index (χ4n) is 2.42. The quantitative estimate of drug-likeness (QED) is 0.780. The molecule has 3 heterocycles. The van der Waals surface area contributed by atoms with Crippen LogP contribution in [0, 0.1) is 0 Å². The largest absolute Gasteiger partial charge is 0.478 e. The lowest BCUT2D eigenvalue weighted by Gasteiger charge is -2.00. The monoisotopic (exact) mass is 254 g/mol. The number of rotatable bonds is 3. The van der Waals surface area contributed by atoms with E-state index in [2.05, 4.69) is 0 Å². The van der Waals surface area contributed by atoms with Crippen LogP contribution in [-0.4, -0.2) is 20.0 Å². The van der Waals surface area contributed by atoms with E-state index in [-0.39, 0.29) is 0 Å². The molecule has 1 N–H and O–H groups in total. The summed E-state index contributed by atoms with van der Waals surface area (Å²) in [6.07, 6.45) is 8.15. The molecule has 3 aromatic rings. The van der Waals surface area contributed by atoms with Gasteiger partial charge in [0.25, 0.3) is 0 Å². The molecule has 0 aliphatic rings. The molecule has 19 heavy (non-hydrogen) atoms. The van der Waals surface area contributed by atoms with Gasteiger partial charge in [0.05, 0.1) is 5.56 Å². The predicted octanol–water partition coefficient (Wildman–Crippen LogP) is 2.57. The maximum atomic E-state index is 11.4. The van der Waals surface area contributed by atoms with Crippen LogP contribution in [0.25, 0.3) is 5.52 Å². The Morgan fingerprint density at radius 3 is 2.74 bits per heavy atom. The molecular weight excluding hydrogens is 240 g/mol. The molecule has 0 saturated carbocycles. The van der Waals surface area contributed by atoms with Gasteiger partial charge < -0.3 is 14.1 Å². The van der Waals surface area contributed by atoms with Crippen LogP contribution in [0.2, 0.25) is 0 Å². The lowest BCUT2D eigenvalue weighted by Crippen LogP contribution is -1.99. The molecule has 0 fully saturated rings. The average molecular weight is 254 g/mol. The Hall–Kier alpha value is -2.49. The van der Waals surface area contributed by atoms with Crippen LogP contribution in [0.3, 0.4) is 0 Å². The van der Waals surface area contributed by atoms with Gasteiger partial charge in [-0.2, -0.15) is 0 Å². The Morgan fingerprint density at radius 1 is 1.21 bits per heavy atom. The van der Waals surface area contributed by atoms with Crippen LogP contribution < -0.4 is 0 Å². The molecule has 0 bridgehead atoms. The van der Waals surface area contributed by atoms with Crippen molar-refractivity contribution in [2.24, 2.45) is 7.05 Å². The number of nitrogens with zero attached hydrogens (tertiary/aromatic N) is 2. The van der Waals surface area contributed by atoms with E-state index in [9.17, 15) is 9.90 Å². The Kier molecular flexibility index (Phi) is 2.63. The summed E-state index contributed by atoms with van der Waals surface area (Å²) in [7, 11) is 1.96. The van der Waals surface area contributed by atoms with E-state index in [4.69, 9.17) is 0 Å². The number of carboxylic acid groups (broad SMARTS) is 1. The zero-order chi connectivity index (χ0) is 13.4. The third kappa shape index (κ3) is 2.01. The highest BCUT2D eigenvalue weighted by atomic mass is 16.4. The molecule has 0 aromatic carbocycles. The van der Waals surface area contributed by atoms with Gasteiger partial charge >= 0.3 is 5.97 Å². The minimum atomic E-state index is -0.880. The second-order valence-electron chi connectivity index (χ2n) is 4.68. The van der Waals surface area contributed by atoms with E-state index in [1.807, 2.05) is 58.9 Å². The highest BCUT2D eigenvalue weighted by Crippen LogP contribution is 2.22. The SMILES string of the molecule is Cn1ccc(Cc2c(C(=O)O)cn3ccccc23)c1. The molecule has 0 amide bonds. The molecule has 0 aliphatic heterocycles. The highest BCUT2D eigenvalue weighted by Gasteiger charge is 2.16. The normalized spacial score (nSPS) is 11.0. The standard InChI is InChI=1S/C15H14N2O2/c1-16-7-5-11(9-16)8-12-13(15(18)19)10-17-6-3-2-4-14(12)17/h2-7,9-10H,8H2,1H3,(H,18,19). The van der Waals surface area contributed by atoms with Crippen LogP contribution in [-0.2, 0) is 13.5 Å². The number of aromatic carboxylic acids is 1. The molecule has 0 aliphatic carbocycles. The van der Waals surface area contributed by atoms with E-state index < -0.39 is 5.97 Å². The van der Waals surface area contributed by atoms with Crippen LogP contribution in [0.5, 0.6) is 0 Å². The summed E-state index contributed by atoms with van der Waals surface area (Å²) < 4.78 is 3.83. The Labute approximate surface area is 110 Å². The Bertz CT molecular complexity index is 752. The molecule has 3 aromatic heterocycles. The number of fused-ring (bicyclic) bond motifs is 1. The average Bonchev–Trinajstić information content (AvgIpc) is 2.95. The summed E-state index contributed by atoms with van der Waals surface area (Å²) in [5, 5.41) is 9.33. The minimum absolute atomic E-state index is 0.370. The van der Waals surface area contributed by atoms with Crippen molar-refractivity contribution in [1.29, 1.82) is 0 Å². The van der Waals surface area contributed by atoms with Crippen molar-refractivity contribution in [1.82, 2.24) is 8.97 Å². The summed E-state index contributed by atoms with van der Waals surface area (Å²) in [6.45, 7) is 0. The van der Waals surface area contributed by atoms with Gasteiger partial charge in [-0.3, -0.25) is 0 Å². The van der Waals surface area contributed by atoms with Crippen molar-refractivity contribution < 1.29 is 9.90 Å². The summed E-state index contributed by atoms with van der Waals surface area (Å²) in [4.78, 5) is 11.4. The molecular formula is C15H14N2O2. The molecule has 0 saturated heterocycles. The molecule has 0 unspecified atom stereocenters. The van der Waals surface area contributed by atoms with Crippen LogP contribution >= 0.6 is 0 Å². The molecule has 0 spiro atoms. The second kappa shape index (κ2) is 4.31. The first-order valence-corrected chi connectivity index (χ1v) is 6.08. The summed E-state index contributed by atoms with van der Waals surface area (Å²) >= 11 is 0. The maximum Gasteiger partial charge on any atom is 0.337 e. The fourth-order valence-corrected chi connectivity index (χ4v) is 2.42. The molecule has 0 atom stereocenters. The number of aryl methyl sites for hydroxylation is 1. The molecule has 96 valence electrons. The van der Waals surface area contributed by atoms with Gasteiger partial charge in [0.2, 0.25) is 0 Å². The van der Waals surface area contributed by atoms with Crippen molar-refractivity contribution in [2.45, 2.75) is 6.42 Å². The van der Waals surface area contributed by atoms with E-state index in [1.54, 1.807) is 6.20 Å². The summed E-state index contributed by atoms with van der Waals surface area (Å²) in [5.41, 5.74) is 3.29. The number of carboxylic acids is 1. The number of aromatic nitrogens is 2. The lowest BCUT2D eigenvalue weighted by atomic mass is 10.0. The van der Waals surface area contributed by atoms with E-state index >= 15 is 0 Å². The number of hydrogen-bond acceptors (Lipinski definition) is 1. The Balaban J connectivity index is 2.14. The topological polar surface area (TPSA) is 46.6 Å². The first kappa shape index (κ1) is 11.6. The van der Waals surface area contributed by atoms with Gasteiger partial charge in [-0.05, 0) is 29.3 Å². The number of pyridine rings is 1. The van der Waals surface area contributed by atoms with Crippen LogP contribution in [0.15, 0.2) is 49.1 Å².